The van der Waals surface area contributed by atoms with Crippen LogP contribution in [-0.4, -0.2) is 32.7 Å². The van der Waals surface area contributed by atoms with Gasteiger partial charge in [0.2, 0.25) is 0 Å². The molecule has 0 radical (unpaired) electrons. The molecule has 1 aromatic carbocycles. The van der Waals surface area contributed by atoms with Crippen LogP contribution in [0, 0.1) is 0 Å². The fraction of sp³-hybridized carbons (Fsp3) is 0.611. The van der Waals surface area contributed by atoms with Crippen molar-refractivity contribution in [3.8, 4) is 5.75 Å². The second-order valence-corrected chi connectivity index (χ2v) is 5.94. The SMILES string of the molecule is CCNC(=NCC1(c2cccc(OC)c2)CCCC1)NCC. The van der Waals surface area contributed by atoms with Gasteiger partial charge in [0, 0.05) is 18.5 Å². The van der Waals surface area contributed by atoms with Gasteiger partial charge in [-0.15, -0.1) is 0 Å². The number of hydrogen-bond acceptors (Lipinski definition) is 2. The largest absolute Gasteiger partial charge is 0.497 e. The average molecular weight is 303 g/mol. The summed E-state index contributed by atoms with van der Waals surface area (Å²) in [5.41, 5.74) is 1.52. The molecule has 2 N–H and O–H groups in total. The quantitative estimate of drug-likeness (QED) is 0.627. The molecule has 4 heteroatoms. The molecular weight excluding hydrogens is 274 g/mol. The molecule has 4 nitrogen and oxygen atoms in total. The smallest absolute Gasteiger partial charge is 0.191 e. The fourth-order valence-electron chi connectivity index (χ4n) is 3.28. The second kappa shape index (κ2) is 8.06. The van der Waals surface area contributed by atoms with Gasteiger partial charge in [-0.1, -0.05) is 25.0 Å². The third-order valence-corrected chi connectivity index (χ3v) is 4.47. The van der Waals surface area contributed by atoms with E-state index in [-0.39, 0.29) is 5.41 Å². The Morgan fingerprint density at radius 1 is 1.18 bits per heavy atom. The number of nitrogens with zero attached hydrogens (tertiary/aromatic N) is 1. The maximum absolute atomic E-state index is 5.40. The monoisotopic (exact) mass is 303 g/mol. The standard InChI is InChI=1S/C18H29N3O/c1-4-19-17(20-5-2)21-14-18(11-6-7-12-18)15-9-8-10-16(13-15)22-3/h8-10,13H,4-7,11-12,14H2,1-3H3,(H2,19,20,21). The van der Waals surface area contributed by atoms with Crippen LogP contribution >= 0.6 is 0 Å². The van der Waals surface area contributed by atoms with Gasteiger partial charge in [-0.25, -0.2) is 0 Å². The fourth-order valence-corrected chi connectivity index (χ4v) is 3.28. The Morgan fingerprint density at radius 2 is 1.86 bits per heavy atom. The molecule has 0 bridgehead atoms. The van der Waals surface area contributed by atoms with E-state index in [1.54, 1.807) is 7.11 Å². The topological polar surface area (TPSA) is 45.7 Å². The maximum atomic E-state index is 5.40. The van der Waals surface area contributed by atoms with Gasteiger partial charge in [0.1, 0.15) is 5.75 Å². The third-order valence-electron chi connectivity index (χ3n) is 4.47. The Morgan fingerprint density at radius 3 is 2.45 bits per heavy atom. The van der Waals surface area contributed by atoms with E-state index < -0.39 is 0 Å². The normalized spacial score (nSPS) is 16.1. The molecule has 0 heterocycles. The summed E-state index contributed by atoms with van der Waals surface area (Å²) >= 11 is 0. The van der Waals surface area contributed by atoms with E-state index in [9.17, 15) is 0 Å². The molecule has 0 aromatic heterocycles. The summed E-state index contributed by atoms with van der Waals surface area (Å²) in [5, 5.41) is 6.63. The summed E-state index contributed by atoms with van der Waals surface area (Å²) in [6, 6.07) is 8.51. The molecule has 22 heavy (non-hydrogen) atoms. The predicted molar refractivity (Wildman–Crippen MR) is 92.8 cm³/mol. The number of methoxy groups -OCH3 is 1. The maximum Gasteiger partial charge on any atom is 0.191 e. The first-order valence-corrected chi connectivity index (χ1v) is 8.41. The molecule has 1 aromatic rings. The summed E-state index contributed by atoms with van der Waals surface area (Å²) in [4.78, 5) is 4.84. The molecule has 0 aliphatic heterocycles. The Labute approximate surface area is 134 Å². The van der Waals surface area contributed by atoms with Crippen molar-refractivity contribution in [3.63, 3.8) is 0 Å². The zero-order valence-corrected chi connectivity index (χ0v) is 14.1. The molecule has 2 rings (SSSR count). The van der Waals surface area contributed by atoms with Crippen molar-refractivity contribution >= 4 is 5.96 Å². The summed E-state index contributed by atoms with van der Waals surface area (Å²) in [6.07, 6.45) is 4.97. The van der Waals surface area contributed by atoms with Crippen LogP contribution in [-0.2, 0) is 5.41 Å². The number of guanidine groups is 1. The molecule has 0 spiro atoms. The molecule has 122 valence electrons. The van der Waals surface area contributed by atoms with Crippen LogP contribution < -0.4 is 15.4 Å². The summed E-state index contributed by atoms with van der Waals surface area (Å²) < 4.78 is 5.40. The highest BCUT2D eigenvalue weighted by molar-refractivity contribution is 5.79. The van der Waals surface area contributed by atoms with Gasteiger partial charge in [0.05, 0.1) is 13.7 Å². The zero-order valence-electron chi connectivity index (χ0n) is 14.1. The first-order chi connectivity index (χ1) is 10.7. The lowest BCUT2D eigenvalue weighted by molar-refractivity contribution is 0.407. The lowest BCUT2D eigenvalue weighted by atomic mass is 9.79. The molecule has 1 aliphatic carbocycles. The van der Waals surface area contributed by atoms with E-state index in [1.165, 1.54) is 31.2 Å². The Kier molecular flexibility index (Phi) is 6.10. The second-order valence-electron chi connectivity index (χ2n) is 5.94. The van der Waals surface area contributed by atoms with Gasteiger partial charge in [-0.05, 0) is 44.4 Å². The lowest BCUT2D eigenvalue weighted by Gasteiger charge is -2.28. The number of hydrogen-bond donors (Lipinski definition) is 2. The minimum absolute atomic E-state index is 0.157. The van der Waals surface area contributed by atoms with Gasteiger partial charge in [0.15, 0.2) is 5.96 Å². The van der Waals surface area contributed by atoms with Crippen LogP contribution in [0.3, 0.4) is 0 Å². The highest BCUT2D eigenvalue weighted by Crippen LogP contribution is 2.42. The zero-order chi connectivity index (χ0) is 15.8. The van der Waals surface area contributed by atoms with E-state index in [4.69, 9.17) is 9.73 Å². The number of rotatable bonds is 6. The Balaban J connectivity index is 2.22. The average Bonchev–Trinajstić information content (AvgIpc) is 3.03. The minimum Gasteiger partial charge on any atom is -0.497 e. The lowest BCUT2D eigenvalue weighted by Crippen LogP contribution is -2.38. The Bertz CT molecular complexity index is 485. The Hall–Kier alpha value is -1.71. The summed E-state index contributed by atoms with van der Waals surface area (Å²) in [5.74, 6) is 1.85. The highest BCUT2D eigenvalue weighted by atomic mass is 16.5. The number of benzene rings is 1. The van der Waals surface area contributed by atoms with Crippen LogP contribution in [0.15, 0.2) is 29.3 Å². The highest BCUT2D eigenvalue weighted by Gasteiger charge is 2.35. The first kappa shape index (κ1) is 16.7. The molecule has 1 aliphatic rings. The van der Waals surface area contributed by atoms with Crippen molar-refractivity contribution in [2.45, 2.75) is 44.9 Å². The van der Waals surface area contributed by atoms with E-state index in [2.05, 4.69) is 42.7 Å². The van der Waals surface area contributed by atoms with Crippen molar-refractivity contribution in [2.75, 3.05) is 26.7 Å². The van der Waals surface area contributed by atoms with Crippen LogP contribution in [0.1, 0.15) is 45.1 Å². The molecule has 0 atom stereocenters. The van der Waals surface area contributed by atoms with Gasteiger partial charge < -0.3 is 15.4 Å². The third kappa shape index (κ3) is 3.93. The molecular formula is C18H29N3O. The molecule has 0 saturated heterocycles. The van der Waals surface area contributed by atoms with Crippen LogP contribution in [0.5, 0.6) is 5.75 Å². The van der Waals surface area contributed by atoms with Crippen molar-refractivity contribution in [2.24, 2.45) is 4.99 Å². The molecule has 1 saturated carbocycles. The minimum atomic E-state index is 0.157. The number of ether oxygens (including phenoxy) is 1. The van der Waals surface area contributed by atoms with E-state index >= 15 is 0 Å². The van der Waals surface area contributed by atoms with Crippen molar-refractivity contribution in [3.05, 3.63) is 29.8 Å². The van der Waals surface area contributed by atoms with Crippen molar-refractivity contribution in [1.82, 2.24) is 10.6 Å². The van der Waals surface area contributed by atoms with Gasteiger partial charge in [0.25, 0.3) is 0 Å². The summed E-state index contributed by atoms with van der Waals surface area (Å²) in [7, 11) is 1.73. The molecule has 0 amide bonds. The summed E-state index contributed by atoms with van der Waals surface area (Å²) in [6.45, 7) is 6.80. The van der Waals surface area contributed by atoms with E-state index in [1.807, 2.05) is 6.07 Å². The number of aliphatic imine (C=N–C) groups is 1. The van der Waals surface area contributed by atoms with Crippen molar-refractivity contribution < 1.29 is 4.74 Å². The van der Waals surface area contributed by atoms with E-state index in [0.717, 1.165) is 31.3 Å². The molecule has 1 fully saturated rings. The van der Waals surface area contributed by atoms with Gasteiger partial charge in [-0.3, -0.25) is 4.99 Å². The van der Waals surface area contributed by atoms with Crippen LogP contribution in [0.2, 0.25) is 0 Å². The van der Waals surface area contributed by atoms with Crippen LogP contribution in [0.25, 0.3) is 0 Å². The van der Waals surface area contributed by atoms with Gasteiger partial charge in [-0.2, -0.15) is 0 Å². The van der Waals surface area contributed by atoms with Gasteiger partial charge >= 0.3 is 0 Å². The van der Waals surface area contributed by atoms with Crippen LogP contribution in [0.4, 0.5) is 0 Å². The molecule has 0 unspecified atom stereocenters. The first-order valence-electron chi connectivity index (χ1n) is 8.41. The van der Waals surface area contributed by atoms with Crippen molar-refractivity contribution in [1.29, 1.82) is 0 Å². The predicted octanol–water partition coefficient (Wildman–Crippen LogP) is 3.08. The number of nitrogens with one attached hydrogen (secondary N) is 2. The van der Waals surface area contributed by atoms with E-state index in [0.29, 0.717) is 0 Å².